The van der Waals surface area contributed by atoms with Crippen molar-refractivity contribution in [2.45, 2.75) is 51.0 Å². The predicted octanol–water partition coefficient (Wildman–Crippen LogP) is 4.36. The first-order valence-electron chi connectivity index (χ1n) is 12.9. The standard InChI is InChI=1S/C29H35N3O4S/c1-21(2)20-30-29(34)22(3)31(19-17-23-10-5-4-6-11-23)27(33)16-9-18-32-25-14-7-12-24-13-8-15-26(28(24)25)37(32,35)36/h4-8,10-15,21-22H,9,16-20H2,1-3H3,(H,30,34)/t22-/m0/s1. The van der Waals surface area contributed by atoms with Gasteiger partial charge < -0.3 is 10.2 Å². The molecule has 1 aliphatic rings. The highest BCUT2D eigenvalue weighted by Crippen LogP contribution is 2.42. The maximum atomic E-state index is 13.4. The first-order chi connectivity index (χ1) is 17.7. The van der Waals surface area contributed by atoms with Crippen molar-refractivity contribution in [3.63, 3.8) is 0 Å². The molecule has 3 aromatic carbocycles. The third-order valence-electron chi connectivity index (χ3n) is 6.77. The Bertz CT molecular complexity index is 1370. The predicted molar refractivity (Wildman–Crippen MR) is 147 cm³/mol. The molecule has 2 amide bonds. The Labute approximate surface area is 219 Å². The van der Waals surface area contributed by atoms with Gasteiger partial charge in [-0.15, -0.1) is 0 Å². The third-order valence-corrected chi connectivity index (χ3v) is 8.62. The first-order valence-corrected chi connectivity index (χ1v) is 14.3. The second-order valence-electron chi connectivity index (χ2n) is 9.95. The van der Waals surface area contributed by atoms with E-state index in [0.29, 0.717) is 42.4 Å². The number of hydrogen-bond acceptors (Lipinski definition) is 4. The van der Waals surface area contributed by atoms with Crippen LogP contribution >= 0.6 is 0 Å². The lowest BCUT2D eigenvalue weighted by atomic mass is 10.1. The van der Waals surface area contributed by atoms with Gasteiger partial charge in [-0.05, 0) is 48.8 Å². The average molecular weight is 522 g/mol. The first kappa shape index (κ1) is 26.7. The summed E-state index contributed by atoms with van der Waals surface area (Å²) in [4.78, 5) is 28.1. The highest BCUT2D eigenvalue weighted by Gasteiger charge is 2.35. The fraction of sp³-hybridized carbons (Fsp3) is 0.379. The van der Waals surface area contributed by atoms with Crippen LogP contribution in [0.4, 0.5) is 5.69 Å². The summed E-state index contributed by atoms with van der Waals surface area (Å²) in [5.41, 5.74) is 1.74. The molecule has 0 fully saturated rings. The molecule has 0 saturated carbocycles. The van der Waals surface area contributed by atoms with E-state index in [9.17, 15) is 18.0 Å². The lowest BCUT2D eigenvalue weighted by Crippen LogP contribution is -2.49. The quantitative estimate of drug-likeness (QED) is 0.406. The summed E-state index contributed by atoms with van der Waals surface area (Å²) in [5, 5.41) is 4.54. The minimum absolute atomic E-state index is 0.148. The Morgan fingerprint density at radius 3 is 2.35 bits per heavy atom. The van der Waals surface area contributed by atoms with Gasteiger partial charge in [0.15, 0.2) is 0 Å². The highest BCUT2D eigenvalue weighted by atomic mass is 32.2. The van der Waals surface area contributed by atoms with Crippen molar-refractivity contribution in [2.24, 2.45) is 5.92 Å². The summed E-state index contributed by atoms with van der Waals surface area (Å²) in [6.45, 7) is 6.95. The monoisotopic (exact) mass is 521 g/mol. The zero-order valence-electron chi connectivity index (χ0n) is 21.7. The van der Waals surface area contributed by atoms with E-state index in [1.165, 1.54) is 4.31 Å². The van der Waals surface area contributed by atoms with Crippen LogP contribution in [-0.4, -0.2) is 50.8 Å². The van der Waals surface area contributed by atoms with Gasteiger partial charge in [0.25, 0.3) is 10.0 Å². The van der Waals surface area contributed by atoms with Gasteiger partial charge in [-0.1, -0.05) is 68.4 Å². The van der Waals surface area contributed by atoms with Crippen molar-refractivity contribution < 1.29 is 18.0 Å². The minimum Gasteiger partial charge on any atom is -0.354 e. The van der Waals surface area contributed by atoms with Gasteiger partial charge in [-0.2, -0.15) is 0 Å². The summed E-state index contributed by atoms with van der Waals surface area (Å²) in [6.07, 6.45) is 1.13. The average Bonchev–Trinajstić information content (AvgIpc) is 3.11. The van der Waals surface area contributed by atoms with E-state index in [1.807, 2.05) is 68.4 Å². The largest absolute Gasteiger partial charge is 0.354 e. The van der Waals surface area contributed by atoms with Crippen LogP contribution in [0.2, 0.25) is 0 Å². The van der Waals surface area contributed by atoms with Crippen LogP contribution in [0.15, 0.2) is 71.6 Å². The maximum Gasteiger partial charge on any atom is 0.265 e. The molecule has 1 aliphatic heterocycles. The van der Waals surface area contributed by atoms with Crippen molar-refractivity contribution in [1.29, 1.82) is 0 Å². The molecule has 0 aliphatic carbocycles. The molecule has 8 heteroatoms. The van der Waals surface area contributed by atoms with Crippen molar-refractivity contribution in [1.82, 2.24) is 10.2 Å². The van der Waals surface area contributed by atoms with Gasteiger partial charge in [0.1, 0.15) is 6.04 Å². The topological polar surface area (TPSA) is 86.8 Å². The van der Waals surface area contributed by atoms with Gasteiger partial charge in [0.2, 0.25) is 11.8 Å². The fourth-order valence-electron chi connectivity index (χ4n) is 4.74. The molecular formula is C29H35N3O4S. The molecule has 3 aromatic rings. The number of benzene rings is 3. The molecule has 1 heterocycles. The number of sulfonamides is 1. The Balaban J connectivity index is 1.45. The number of carbonyl (C=O) groups is 2. The molecule has 0 bridgehead atoms. The van der Waals surface area contributed by atoms with Crippen LogP contribution in [-0.2, 0) is 26.0 Å². The van der Waals surface area contributed by atoms with E-state index in [4.69, 9.17) is 0 Å². The number of anilines is 1. The van der Waals surface area contributed by atoms with E-state index >= 15 is 0 Å². The van der Waals surface area contributed by atoms with Gasteiger partial charge in [0, 0.05) is 31.4 Å². The summed E-state index contributed by atoms with van der Waals surface area (Å²) in [5.74, 6) is -0.0320. The summed E-state index contributed by atoms with van der Waals surface area (Å²) in [6, 6.07) is 20.1. The number of rotatable bonds is 11. The molecule has 0 radical (unpaired) electrons. The van der Waals surface area contributed by atoms with E-state index < -0.39 is 16.1 Å². The Morgan fingerprint density at radius 1 is 0.946 bits per heavy atom. The van der Waals surface area contributed by atoms with Crippen LogP contribution in [0, 0.1) is 5.92 Å². The van der Waals surface area contributed by atoms with Crippen LogP contribution in [0.5, 0.6) is 0 Å². The molecule has 1 atom stereocenters. The van der Waals surface area contributed by atoms with E-state index in [2.05, 4.69) is 5.32 Å². The lowest BCUT2D eigenvalue weighted by Gasteiger charge is -2.29. The van der Waals surface area contributed by atoms with Crippen molar-refractivity contribution in [3.05, 3.63) is 72.3 Å². The SMILES string of the molecule is CC(C)CNC(=O)[C@H](C)N(CCc1ccccc1)C(=O)CCCN1c2cccc3cccc(c23)S1(=O)=O. The van der Waals surface area contributed by atoms with Crippen molar-refractivity contribution >= 4 is 38.3 Å². The van der Waals surface area contributed by atoms with E-state index in [-0.39, 0.29) is 24.8 Å². The van der Waals surface area contributed by atoms with Gasteiger partial charge in [0.05, 0.1) is 10.6 Å². The molecular weight excluding hydrogens is 486 g/mol. The molecule has 0 saturated heterocycles. The number of nitrogens with zero attached hydrogens (tertiary/aromatic N) is 2. The molecule has 196 valence electrons. The van der Waals surface area contributed by atoms with Crippen LogP contribution in [0.3, 0.4) is 0 Å². The van der Waals surface area contributed by atoms with Crippen LogP contribution in [0.25, 0.3) is 10.8 Å². The van der Waals surface area contributed by atoms with Crippen molar-refractivity contribution in [3.8, 4) is 0 Å². The zero-order valence-corrected chi connectivity index (χ0v) is 22.5. The van der Waals surface area contributed by atoms with Gasteiger partial charge >= 0.3 is 0 Å². The molecule has 7 nitrogen and oxygen atoms in total. The summed E-state index contributed by atoms with van der Waals surface area (Å²) >= 11 is 0. The normalized spacial score (nSPS) is 14.6. The molecule has 0 aromatic heterocycles. The maximum absolute atomic E-state index is 13.4. The third kappa shape index (κ3) is 5.80. The second-order valence-corrected chi connectivity index (χ2v) is 11.8. The minimum atomic E-state index is -3.66. The van der Waals surface area contributed by atoms with Crippen molar-refractivity contribution in [2.75, 3.05) is 23.9 Å². The molecule has 0 spiro atoms. The molecule has 0 unspecified atom stereocenters. The number of nitrogens with one attached hydrogen (secondary N) is 1. The molecule has 37 heavy (non-hydrogen) atoms. The highest BCUT2D eigenvalue weighted by molar-refractivity contribution is 7.93. The smallest absolute Gasteiger partial charge is 0.265 e. The Hall–Kier alpha value is -3.39. The number of amides is 2. The van der Waals surface area contributed by atoms with Gasteiger partial charge in [-0.25, -0.2) is 8.42 Å². The van der Waals surface area contributed by atoms with Crippen LogP contribution < -0.4 is 9.62 Å². The second kappa shape index (κ2) is 11.3. The summed E-state index contributed by atoms with van der Waals surface area (Å²) < 4.78 is 27.9. The number of hydrogen-bond donors (Lipinski definition) is 1. The zero-order chi connectivity index (χ0) is 26.6. The summed E-state index contributed by atoms with van der Waals surface area (Å²) in [7, 11) is -3.66. The Kier molecular flexibility index (Phi) is 8.17. The lowest BCUT2D eigenvalue weighted by molar-refractivity contribution is -0.140. The van der Waals surface area contributed by atoms with E-state index in [0.717, 1.165) is 16.3 Å². The molecule has 4 rings (SSSR count). The number of carbonyl (C=O) groups excluding carboxylic acids is 2. The fourth-order valence-corrected chi connectivity index (χ4v) is 6.49. The van der Waals surface area contributed by atoms with Crippen LogP contribution in [0.1, 0.15) is 39.2 Å². The Morgan fingerprint density at radius 2 is 1.65 bits per heavy atom. The van der Waals surface area contributed by atoms with Gasteiger partial charge in [-0.3, -0.25) is 13.9 Å². The van der Waals surface area contributed by atoms with E-state index in [1.54, 1.807) is 24.0 Å². The molecule has 1 N–H and O–H groups in total.